The lowest BCUT2D eigenvalue weighted by Gasteiger charge is -2.33. The second-order valence-corrected chi connectivity index (χ2v) is 7.49. The fourth-order valence-corrected chi connectivity index (χ4v) is 3.71. The smallest absolute Gasteiger partial charge is 0.336 e. The molecule has 2 amide bonds. The fraction of sp³-hybridized carbons (Fsp3) is 0.320. The van der Waals surface area contributed by atoms with Crippen molar-refractivity contribution in [1.29, 1.82) is 0 Å². The molecule has 32 heavy (non-hydrogen) atoms. The largest absolute Gasteiger partial charge is 0.494 e. The molecule has 0 fully saturated rings. The van der Waals surface area contributed by atoms with E-state index < -0.39 is 17.8 Å². The third-order valence-electron chi connectivity index (χ3n) is 5.24. The van der Waals surface area contributed by atoms with Crippen LogP contribution in [0.2, 0.25) is 0 Å². The van der Waals surface area contributed by atoms with Crippen molar-refractivity contribution in [2.75, 3.05) is 23.4 Å². The van der Waals surface area contributed by atoms with E-state index in [4.69, 9.17) is 9.47 Å². The number of allylic oxidation sites excluding steroid dienone is 1. The lowest BCUT2D eigenvalue weighted by atomic mass is 9.88. The third kappa shape index (κ3) is 4.99. The molecule has 0 aliphatic carbocycles. The Labute approximate surface area is 188 Å². The van der Waals surface area contributed by atoms with Crippen LogP contribution in [0.5, 0.6) is 5.75 Å². The van der Waals surface area contributed by atoms with Crippen LogP contribution in [0.25, 0.3) is 0 Å². The molecule has 168 valence electrons. The molecule has 2 aromatic carbocycles. The topological polar surface area (TPSA) is 84.9 Å². The van der Waals surface area contributed by atoms with Crippen molar-refractivity contribution in [2.45, 2.75) is 34.1 Å². The van der Waals surface area contributed by atoms with Gasteiger partial charge in [-0.2, -0.15) is 0 Å². The van der Waals surface area contributed by atoms with Gasteiger partial charge in [-0.3, -0.25) is 14.5 Å². The number of aryl methyl sites for hydroxylation is 1. The van der Waals surface area contributed by atoms with Gasteiger partial charge in [0.2, 0.25) is 11.8 Å². The molecule has 2 aromatic rings. The van der Waals surface area contributed by atoms with Gasteiger partial charge in [0.15, 0.2) is 0 Å². The average molecular weight is 437 g/mol. The highest BCUT2D eigenvalue weighted by atomic mass is 16.5. The second kappa shape index (κ2) is 10.1. The molecule has 0 saturated heterocycles. The number of benzene rings is 2. The second-order valence-electron chi connectivity index (χ2n) is 7.49. The van der Waals surface area contributed by atoms with Gasteiger partial charge in [-0.15, -0.1) is 0 Å². The molecule has 1 aliphatic heterocycles. The molecule has 0 aromatic heterocycles. The van der Waals surface area contributed by atoms with Crippen LogP contribution in [0, 0.1) is 12.8 Å². The van der Waals surface area contributed by atoms with E-state index in [1.165, 1.54) is 4.90 Å². The summed E-state index contributed by atoms with van der Waals surface area (Å²) in [4.78, 5) is 40.5. The van der Waals surface area contributed by atoms with Gasteiger partial charge in [-0.05, 0) is 64.1 Å². The molecule has 0 bridgehead atoms. The quantitative estimate of drug-likeness (QED) is 0.657. The van der Waals surface area contributed by atoms with E-state index in [0.717, 1.165) is 5.56 Å². The van der Waals surface area contributed by atoms with Crippen LogP contribution in [0.4, 0.5) is 11.4 Å². The van der Waals surface area contributed by atoms with Crippen LogP contribution in [-0.4, -0.2) is 31.0 Å². The third-order valence-corrected chi connectivity index (χ3v) is 5.24. The van der Waals surface area contributed by atoms with Gasteiger partial charge >= 0.3 is 5.97 Å². The fourth-order valence-electron chi connectivity index (χ4n) is 3.71. The van der Waals surface area contributed by atoms with E-state index in [1.807, 2.05) is 38.1 Å². The standard InChI is InChI=1S/C25H28N2O5/c1-5-31-20-13-9-18(10-14-20)26-24(29)21-15-22(28)27(19-11-7-16(3)8-12-19)17(4)23(21)25(30)32-6-2/h7-14,21H,5-6,15H2,1-4H3,(H,26,29)/t21-/m0/s1. The first-order chi connectivity index (χ1) is 15.3. The molecule has 7 heteroatoms. The molecule has 1 atom stereocenters. The molecule has 0 unspecified atom stereocenters. The molecule has 0 spiro atoms. The summed E-state index contributed by atoms with van der Waals surface area (Å²) in [6.07, 6.45) is -0.137. The summed E-state index contributed by atoms with van der Waals surface area (Å²) >= 11 is 0. The number of rotatable bonds is 7. The van der Waals surface area contributed by atoms with Gasteiger partial charge in [0, 0.05) is 23.5 Å². The molecule has 3 rings (SSSR count). The van der Waals surface area contributed by atoms with E-state index in [2.05, 4.69) is 5.32 Å². The van der Waals surface area contributed by atoms with E-state index in [1.54, 1.807) is 38.1 Å². The van der Waals surface area contributed by atoms with Crippen molar-refractivity contribution in [3.8, 4) is 5.75 Å². The first-order valence-corrected chi connectivity index (χ1v) is 10.7. The van der Waals surface area contributed by atoms with Crippen LogP contribution in [0.1, 0.15) is 32.8 Å². The summed E-state index contributed by atoms with van der Waals surface area (Å²) < 4.78 is 10.6. The number of carbonyl (C=O) groups is 3. The van der Waals surface area contributed by atoms with Crippen molar-refractivity contribution in [2.24, 2.45) is 5.92 Å². The van der Waals surface area contributed by atoms with Crippen LogP contribution in [0.15, 0.2) is 59.8 Å². The number of nitrogens with zero attached hydrogens (tertiary/aromatic N) is 1. The van der Waals surface area contributed by atoms with Crippen molar-refractivity contribution >= 4 is 29.2 Å². The molecule has 0 saturated carbocycles. The van der Waals surface area contributed by atoms with Crippen molar-refractivity contribution < 1.29 is 23.9 Å². The Bertz CT molecular complexity index is 1030. The van der Waals surface area contributed by atoms with E-state index in [0.29, 0.717) is 29.4 Å². The first-order valence-electron chi connectivity index (χ1n) is 10.7. The summed E-state index contributed by atoms with van der Waals surface area (Å²) in [5.41, 5.74) is 2.84. The zero-order valence-electron chi connectivity index (χ0n) is 18.8. The van der Waals surface area contributed by atoms with Gasteiger partial charge in [-0.1, -0.05) is 17.7 Å². The maximum Gasteiger partial charge on any atom is 0.336 e. The number of carbonyl (C=O) groups excluding carboxylic acids is 3. The predicted octanol–water partition coefficient (Wildman–Crippen LogP) is 4.22. The van der Waals surface area contributed by atoms with Crippen molar-refractivity contribution in [1.82, 2.24) is 0 Å². The van der Waals surface area contributed by atoms with Gasteiger partial charge in [0.05, 0.1) is 24.7 Å². The summed E-state index contributed by atoms with van der Waals surface area (Å²) in [7, 11) is 0. The average Bonchev–Trinajstić information content (AvgIpc) is 2.76. The van der Waals surface area contributed by atoms with Crippen LogP contribution in [-0.2, 0) is 19.1 Å². The number of amides is 2. The Morgan fingerprint density at radius 3 is 2.25 bits per heavy atom. The predicted molar refractivity (Wildman–Crippen MR) is 122 cm³/mol. The van der Waals surface area contributed by atoms with Gasteiger partial charge in [0.25, 0.3) is 0 Å². The number of hydrogen-bond donors (Lipinski definition) is 1. The first kappa shape index (κ1) is 23.1. The van der Waals surface area contributed by atoms with Crippen molar-refractivity contribution in [3.05, 3.63) is 65.4 Å². The Morgan fingerprint density at radius 2 is 1.66 bits per heavy atom. The van der Waals surface area contributed by atoms with Crippen LogP contribution in [0.3, 0.4) is 0 Å². The molecule has 1 N–H and O–H groups in total. The molecule has 1 aliphatic rings. The summed E-state index contributed by atoms with van der Waals surface area (Å²) in [6, 6.07) is 14.4. The number of ether oxygens (including phenoxy) is 2. The lowest BCUT2D eigenvalue weighted by Crippen LogP contribution is -2.43. The maximum absolute atomic E-state index is 13.1. The number of esters is 1. The number of nitrogens with one attached hydrogen (secondary N) is 1. The van der Waals surface area contributed by atoms with Gasteiger partial charge in [-0.25, -0.2) is 4.79 Å². The minimum absolute atomic E-state index is 0.137. The lowest BCUT2D eigenvalue weighted by molar-refractivity contribution is -0.141. The van der Waals surface area contributed by atoms with E-state index in [-0.39, 0.29) is 24.5 Å². The summed E-state index contributed by atoms with van der Waals surface area (Å²) in [5.74, 6) is -1.55. The zero-order valence-corrected chi connectivity index (χ0v) is 18.8. The summed E-state index contributed by atoms with van der Waals surface area (Å²) in [5, 5.41) is 2.80. The SMILES string of the molecule is CCOC(=O)C1=C(C)N(c2ccc(C)cc2)C(=O)C[C@@H]1C(=O)Nc1ccc(OCC)cc1. The molecule has 0 radical (unpaired) electrons. The van der Waals surface area contributed by atoms with Gasteiger partial charge < -0.3 is 14.8 Å². The van der Waals surface area contributed by atoms with Crippen LogP contribution >= 0.6 is 0 Å². The molecule has 1 heterocycles. The van der Waals surface area contributed by atoms with E-state index in [9.17, 15) is 14.4 Å². The zero-order chi connectivity index (χ0) is 23.3. The number of hydrogen-bond acceptors (Lipinski definition) is 5. The Kier molecular flexibility index (Phi) is 7.30. The highest BCUT2D eigenvalue weighted by Crippen LogP contribution is 2.34. The molecule has 7 nitrogen and oxygen atoms in total. The van der Waals surface area contributed by atoms with Crippen molar-refractivity contribution in [3.63, 3.8) is 0 Å². The van der Waals surface area contributed by atoms with Crippen LogP contribution < -0.4 is 15.0 Å². The maximum atomic E-state index is 13.1. The minimum Gasteiger partial charge on any atom is -0.494 e. The molecular formula is C25H28N2O5. The van der Waals surface area contributed by atoms with E-state index >= 15 is 0 Å². The minimum atomic E-state index is -0.949. The Hall–Kier alpha value is -3.61. The molecular weight excluding hydrogens is 408 g/mol. The normalized spacial score (nSPS) is 16.1. The summed E-state index contributed by atoms with van der Waals surface area (Å²) in [6.45, 7) is 7.92. The Balaban J connectivity index is 1.93. The van der Waals surface area contributed by atoms with Gasteiger partial charge in [0.1, 0.15) is 5.75 Å². The highest BCUT2D eigenvalue weighted by molar-refractivity contribution is 6.10. The Morgan fingerprint density at radius 1 is 1.00 bits per heavy atom. The number of anilines is 2. The highest BCUT2D eigenvalue weighted by Gasteiger charge is 2.40. The monoisotopic (exact) mass is 436 g/mol.